The van der Waals surface area contributed by atoms with Crippen LogP contribution in [0.2, 0.25) is 0 Å². The lowest BCUT2D eigenvalue weighted by molar-refractivity contribution is -0.136. The maximum atomic E-state index is 10.4. The van der Waals surface area contributed by atoms with Crippen LogP contribution in [0.1, 0.15) is 17.5 Å². The summed E-state index contributed by atoms with van der Waals surface area (Å²) in [5.74, 6) is -0.803. The molecule has 0 radical (unpaired) electrons. The first-order valence-electron chi connectivity index (χ1n) is 4.23. The number of hydrogen-bond donors (Lipinski definition) is 2. The van der Waals surface area contributed by atoms with Crippen molar-refractivity contribution in [1.29, 1.82) is 0 Å². The van der Waals surface area contributed by atoms with Crippen LogP contribution in [0.5, 0.6) is 0 Å². The van der Waals surface area contributed by atoms with Gasteiger partial charge in [0, 0.05) is 10.9 Å². The second kappa shape index (κ2) is 5.12. The van der Waals surface area contributed by atoms with E-state index >= 15 is 0 Å². The highest BCUT2D eigenvalue weighted by Crippen LogP contribution is 2.20. The molecule has 0 saturated carbocycles. The average molecular weight is 259 g/mol. The molecule has 0 aliphatic rings. The maximum absolute atomic E-state index is 10.4. The fourth-order valence-corrected chi connectivity index (χ4v) is 1.76. The topological polar surface area (TPSA) is 57.5 Å². The lowest BCUT2D eigenvalue weighted by Gasteiger charge is -2.04. The van der Waals surface area contributed by atoms with E-state index in [0.29, 0.717) is 6.42 Å². The predicted molar refractivity (Wildman–Crippen MR) is 56.0 cm³/mol. The first-order valence-corrected chi connectivity index (χ1v) is 5.02. The van der Waals surface area contributed by atoms with E-state index in [-0.39, 0.29) is 13.0 Å². The third-order valence-corrected chi connectivity index (χ3v) is 2.65. The minimum absolute atomic E-state index is 0.00217. The monoisotopic (exact) mass is 258 g/mol. The molecule has 0 saturated heterocycles. The van der Waals surface area contributed by atoms with Crippen LogP contribution in [0.3, 0.4) is 0 Å². The van der Waals surface area contributed by atoms with Crippen molar-refractivity contribution in [3.05, 3.63) is 33.8 Å². The Hall–Kier alpha value is -0.870. The average Bonchev–Trinajstić information content (AvgIpc) is 2.15. The molecule has 1 rings (SSSR count). The van der Waals surface area contributed by atoms with Gasteiger partial charge in [-0.1, -0.05) is 28.1 Å². The Balaban J connectivity index is 2.73. The SMILES string of the molecule is O=C(O)CCc1ccc(CO)cc1Br. The van der Waals surface area contributed by atoms with Gasteiger partial charge in [0.15, 0.2) is 0 Å². The Bertz CT molecular complexity index is 336. The molecule has 4 heteroatoms. The molecule has 0 unspecified atom stereocenters. The van der Waals surface area contributed by atoms with Crippen molar-refractivity contribution in [3.8, 4) is 0 Å². The number of carbonyl (C=O) groups is 1. The van der Waals surface area contributed by atoms with E-state index < -0.39 is 5.97 Å². The molecule has 0 aliphatic carbocycles. The molecule has 1 aromatic rings. The Morgan fingerprint density at radius 2 is 2.14 bits per heavy atom. The number of hydrogen-bond acceptors (Lipinski definition) is 2. The highest BCUT2D eigenvalue weighted by Gasteiger charge is 2.03. The van der Waals surface area contributed by atoms with Crippen LogP contribution in [0.25, 0.3) is 0 Å². The normalized spacial score (nSPS) is 10.1. The molecule has 0 bridgehead atoms. The summed E-state index contributed by atoms with van der Waals surface area (Å²) < 4.78 is 0.852. The van der Waals surface area contributed by atoms with Crippen LogP contribution in [0, 0.1) is 0 Å². The molecule has 3 nitrogen and oxygen atoms in total. The van der Waals surface area contributed by atoms with E-state index in [1.807, 2.05) is 6.07 Å². The van der Waals surface area contributed by atoms with Gasteiger partial charge >= 0.3 is 5.97 Å². The standard InChI is InChI=1S/C10H11BrO3/c11-9-5-7(6-12)1-2-8(9)3-4-10(13)14/h1-2,5,12H,3-4,6H2,(H,13,14). The predicted octanol–water partition coefficient (Wildman–Crippen LogP) is 1.96. The van der Waals surface area contributed by atoms with Crippen molar-refractivity contribution >= 4 is 21.9 Å². The van der Waals surface area contributed by atoms with Crippen LogP contribution in [-0.4, -0.2) is 16.2 Å². The minimum atomic E-state index is -0.803. The quantitative estimate of drug-likeness (QED) is 0.868. The van der Waals surface area contributed by atoms with E-state index in [1.54, 1.807) is 12.1 Å². The summed E-state index contributed by atoms with van der Waals surface area (Å²) in [6.45, 7) is -0.00217. The second-order valence-corrected chi connectivity index (χ2v) is 3.83. The summed E-state index contributed by atoms with van der Waals surface area (Å²) in [7, 11) is 0. The molecule has 0 aromatic heterocycles. The van der Waals surface area contributed by atoms with E-state index in [0.717, 1.165) is 15.6 Å². The molecular formula is C10H11BrO3. The zero-order valence-electron chi connectivity index (χ0n) is 7.53. The van der Waals surface area contributed by atoms with Crippen molar-refractivity contribution in [2.45, 2.75) is 19.4 Å². The fraction of sp³-hybridized carbons (Fsp3) is 0.300. The molecule has 0 spiro atoms. The van der Waals surface area contributed by atoms with Gasteiger partial charge in [-0.05, 0) is 23.6 Å². The molecule has 0 aliphatic heterocycles. The van der Waals surface area contributed by atoms with Crippen LogP contribution >= 0.6 is 15.9 Å². The lowest BCUT2D eigenvalue weighted by Crippen LogP contribution is -1.98. The molecular weight excluding hydrogens is 248 g/mol. The Morgan fingerprint density at radius 1 is 1.43 bits per heavy atom. The molecule has 0 atom stereocenters. The van der Waals surface area contributed by atoms with Gasteiger partial charge in [-0.15, -0.1) is 0 Å². The number of rotatable bonds is 4. The minimum Gasteiger partial charge on any atom is -0.481 e. The summed E-state index contributed by atoms with van der Waals surface area (Å²) in [5.41, 5.74) is 1.76. The molecule has 2 N–H and O–H groups in total. The molecule has 0 fully saturated rings. The zero-order chi connectivity index (χ0) is 10.6. The van der Waals surface area contributed by atoms with Gasteiger partial charge in [0.2, 0.25) is 0 Å². The van der Waals surface area contributed by atoms with Crippen molar-refractivity contribution in [2.24, 2.45) is 0 Å². The number of carboxylic acids is 1. The highest BCUT2D eigenvalue weighted by molar-refractivity contribution is 9.10. The largest absolute Gasteiger partial charge is 0.481 e. The molecule has 76 valence electrons. The van der Waals surface area contributed by atoms with Crippen molar-refractivity contribution in [3.63, 3.8) is 0 Å². The van der Waals surface area contributed by atoms with Gasteiger partial charge in [-0.2, -0.15) is 0 Å². The maximum Gasteiger partial charge on any atom is 0.303 e. The van der Waals surface area contributed by atoms with Crippen molar-refractivity contribution in [1.82, 2.24) is 0 Å². The van der Waals surface area contributed by atoms with Crippen LogP contribution in [-0.2, 0) is 17.8 Å². The summed E-state index contributed by atoms with van der Waals surface area (Å²) in [6.07, 6.45) is 0.624. The number of benzene rings is 1. The summed E-state index contributed by atoms with van der Waals surface area (Å²) >= 11 is 3.33. The molecule has 1 aromatic carbocycles. The first kappa shape index (κ1) is 11.2. The Kier molecular flexibility index (Phi) is 4.10. The van der Waals surface area contributed by atoms with Crippen molar-refractivity contribution < 1.29 is 15.0 Å². The molecule has 0 heterocycles. The van der Waals surface area contributed by atoms with E-state index in [2.05, 4.69) is 15.9 Å². The molecule has 0 amide bonds. The third-order valence-electron chi connectivity index (χ3n) is 1.91. The number of aliphatic hydroxyl groups is 1. The smallest absolute Gasteiger partial charge is 0.303 e. The van der Waals surface area contributed by atoms with Crippen LogP contribution < -0.4 is 0 Å². The number of aliphatic hydroxyl groups excluding tert-OH is 1. The van der Waals surface area contributed by atoms with Gasteiger partial charge in [-0.3, -0.25) is 4.79 Å². The third kappa shape index (κ3) is 3.12. The lowest BCUT2D eigenvalue weighted by atomic mass is 10.1. The fourth-order valence-electron chi connectivity index (χ4n) is 1.13. The number of aryl methyl sites for hydroxylation is 1. The van der Waals surface area contributed by atoms with Gasteiger partial charge in [0.25, 0.3) is 0 Å². The van der Waals surface area contributed by atoms with E-state index in [1.165, 1.54) is 0 Å². The van der Waals surface area contributed by atoms with Gasteiger partial charge in [-0.25, -0.2) is 0 Å². The van der Waals surface area contributed by atoms with Crippen LogP contribution in [0.4, 0.5) is 0 Å². The van der Waals surface area contributed by atoms with Gasteiger partial charge in [0.05, 0.1) is 6.61 Å². The van der Waals surface area contributed by atoms with E-state index in [9.17, 15) is 4.79 Å². The summed E-state index contributed by atoms with van der Waals surface area (Å²) in [5, 5.41) is 17.4. The van der Waals surface area contributed by atoms with Crippen molar-refractivity contribution in [2.75, 3.05) is 0 Å². The summed E-state index contributed by atoms with van der Waals surface area (Å²) in [4.78, 5) is 10.4. The number of halogens is 1. The Morgan fingerprint density at radius 3 is 2.64 bits per heavy atom. The zero-order valence-corrected chi connectivity index (χ0v) is 9.12. The molecule has 14 heavy (non-hydrogen) atoms. The number of carboxylic acid groups (broad SMARTS) is 1. The Labute approximate surface area is 90.5 Å². The first-order chi connectivity index (χ1) is 6.63. The van der Waals surface area contributed by atoms with Crippen LogP contribution in [0.15, 0.2) is 22.7 Å². The number of aliphatic carboxylic acids is 1. The van der Waals surface area contributed by atoms with E-state index in [4.69, 9.17) is 10.2 Å². The summed E-state index contributed by atoms with van der Waals surface area (Å²) in [6, 6.07) is 5.43. The second-order valence-electron chi connectivity index (χ2n) is 2.98. The highest BCUT2D eigenvalue weighted by atomic mass is 79.9. The van der Waals surface area contributed by atoms with Gasteiger partial charge in [0.1, 0.15) is 0 Å². The van der Waals surface area contributed by atoms with Gasteiger partial charge < -0.3 is 10.2 Å².